The lowest BCUT2D eigenvalue weighted by molar-refractivity contribution is 0.102. The van der Waals surface area contributed by atoms with Crippen LogP contribution in [0.1, 0.15) is 20.4 Å². The summed E-state index contributed by atoms with van der Waals surface area (Å²) in [7, 11) is 0. The van der Waals surface area contributed by atoms with Gasteiger partial charge in [0.15, 0.2) is 11.6 Å². The summed E-state index contributed by atoms with van der Waals surface area (Å²) >= 11 is 4.15. The van der Waals surface area contributed by atoms with Crippen molar-refractivity contribution >= 4 is 38.9 Å². The topological polar surface area (TPSA) is 42.0 Å². The molecule has 0 saturated heterocycles. The molecule has 7 heteroatoms. The van der Waals surface area contributed by atoms with Crippen molar-refractivity contribution in [2.45, 2.75) is 13.8 Å². The Bertz CT molecular complexity index is 634. The van der Waals surface area contributed by atoms with E-state index in [1.165, 1.54) is 11.3 Å². The summed E-state index contributed by atoms with van der Waals surface area (Å²) in [5, 5.41) is 2.96. The second-order valence-electron chi connectivity index (χ2n) is 3.85. The molecule has 100 valence electrons. The molecule has 1 N–H and O–H groups in total. The maximum Gasteiger partial charge on any atom is 0.267 e. The first kappa shape index (κ1) is 14.1. The third-order valence-corrected chi connectivity index (χ3v) is 3.88. The Balaban J connectivity index is 2.32. The summed E-state index contributed by atoms with van der Waals surface area (Å²) in [4.78, 5) is 16.4. The zero-order chi connectivity index (χ0) is 14.2. The van der Waals surface area contributed by atoms with Gasteiger partial charge in [0.05, 0.1) is 10.7 Å². The molecule has 2 aromatic rings. The number of rotatable bonds is 2. The number of aryl methyl sites for hydroxylation is 2. The summed E-state index contributed by atoms with van der Waals surface area (Å²) in [6.45, 7) is 3.43. The fourth-order valence-electron chi connectivity index (χ4n) is 1.57. The number of anilines is 1. The lowest BCUT2D eigenvalue weighted by Crippen LogP contribution is -2.14. The monoisotopic (exact) mass is 346 g/mol. The molecule has 0 radical (unpaired) electrons. The molecule has 2 rings (SSSR count). The summed E-state index contributed by atoms with van der Waals surface area (Å²) < 4.78 is 27.5. The van der Waals surface area contributed by atoms with Crippen LogP contribution in [0.15, 0.2) is 16.6 Å². The van der Waals surface area contributed by atoms with E-state index >= 15 is 0 Å². The molecule has 0 spiro atoms. The van der Waals surface area contributed by atoms with E-state index in [-0.39, 0.29) is 4.47 Å². The molecule has 0 aliphatic rings. The molecule has 1 aromatic carbocycles. The number of nitrogens with zero attached hydrogens (tertiary/aromatic N) is 1. The van der Waals surface area contributed by atoms with Gasteiger partial charge >= 0.3 is 0 Å². The van der Waals surface area contributed by atoms with E-state index < -0.39 is 23.2 Å². The number of carbonyl (C=O) groups is 1. The molecular formula is C12H9BrF2N2OS. The van der Waals surface area contributed by atoms with Crippen LogP contribution in [0.5, 0.6) is 0 Å². The highest BCUT2D eigenvalue weighted by atomic mass is 79.9. The molecule has 0 bridgehead atoms. The highest BCUT2D eigenvalue weighted by Gasteiger charge is 2.18. The van der Waals surface area contributed by atoms with Gasteiger partial charge in [-0.2, -0.15) is 0 Å². The highest BCUT2D eigenvalue weighted by molar-refractivity contribution is 9.10. The molecular weight excluding hydrogens is 338 g/mol. The largest absolute Gasteiger partial charge is 0.316 e. The Kier molecular flexibility index (Phi) is 3.96. The molecule has 0 aliphatic carbocycles. The molecule has 19 heavy (non-hydrogen) atoms. The average molecular weight is 347 g/mol. The van der Waals surface area contributed by atoms with Crippen molar-refractivity contribution in [2.24, 2.45) is 0 Å². The number of hydrogen-bond acceptors (Lipinski definition) is 3. The molecule has 0 unspecified atom stereocenters. The number of benzene rings is 1. The first-order chi connectivity index (χ1) is 8.88. The number of amides is 1. The molecule has 0 aliphatic heterocycles. The van der Waals surface area contributed by atoms with Crippen LogP contribution in [-0.4, -0.2) is 10.9 Å². The minimum Gasteiger partial charge on any atom is -0.316 e. The number of halogens is 3. The number of carbonyl (C=O) groups excluding carboxylic acids is 1. The van der Waals surface area contributed by atoms with Crippen molar-refractivity contribution in [2.75, 3.05) is 5.32 Å². The maximum absolute atomic E-state index is 13.6. The zero-order valence-electron chi connectivity index (χ0n) is 10.1. The normalized spacial score (nSPS) is 10.6. The van der Waals surface area contributed by atoms with Crippen LogP contribution in [0.3, 0.4) is 0 Å². The molecule has 1 amide bonds. The van der Waals surface area contributed by atoms with Crippen LogP contribution >= 0.6 is 27.3 Å². The van der Waals surface area contributed by atoms with E-state index in [0.717, 1.165) is 17.1 Å². The number of aromatic nitrogens is 1. The predicted molar refractivity (Wildman–Crippen MR) is 73.6 cm³/mol. The summed E-state index contributed by atoms with van der Waals surface area (Å²) in [6.07, 6.45) is 0. The van der Waals surface area contributed by atoms with Gasteiger partial charge in [0.1, 0.15) is 10.6 Å². The van der Waals surface area contributed by atoms with Crippen LogP contribution < -0.4 is 5.32 Å². The van der Waals surface area contributed by atoms with E-state index in [1.54, 1.807) is 13.8 Å². The van der Waals surface area contributed by atoms with Crippen LogP contribution in [-0.2, 0) is 0 Å². The van der Waals surface area contributed by atoms with E-state index in [0.29, 0.717) is 10.6 Å². The number of nitrogens with one attached hydrogen (secondary N) is 1. The van der Waals surface area contributed by atoms with Crippen molar-refractivity contribution in [3.05, 3.63) is 43.8 Å². The van der Waals surface area contributed by atoms with Gasteiger partial charge in [-0.15, -0.1) is 11.3 Å². The quantitative estimate of drug-likeness (QED) is 0.891. The molecule has 0 fully saturated rings. The third-order valence-electron chi connectivity index (χ3n) is 2.36. The van der Waals surface area contributed by atoms with Crippen LogP contribution in [0.4, 0.5) is 14.5 Å². The van der Waals surface area contributed by atoms with Crippen molar-refractivity contribution in [1.29, 1.82) is 0 Å². The fourth-order valence-corrected chi connectivity index (χ4v) is 2.79. The Morgan fingerprint density at radius 1 is 1.32 bits per heavy atom. The zero-order valence-corrected chi connectivity index (χ0v) is 12.5. The minimum atomic E-state index is -0.834. The van der Waals surface area contributed by atoms with Crippen molar-refractivity contribution in [3.63, 3.8) is 0 Å². The van der Waals surface area contributed by atoms with Crippen LogP contribution in [0, 0.1) is 25.5 Å². The predicted octanol–water partition coefficient (Wildman–Crippen LogP) is 4.05. The van der Waals surface area contributed by atoms with E-state index in [1.807, 2.05) is 0 Å². The summed E-state index contributed by atoms with van der Waals surface area (Å²) in [6, 6.07) is 2.17. The lowest BCUT2D eigenvalue weighted by Gasteiger charge is -2.07. The van der Waals surface area contributed by atoms with E-state index in [2.05, 4.69) is 26.2 Å². The van der Waals surface area contributed by atoms with Crippen molar-refractivity contribution in [3.8, 4) is 0 Å². The maximum atomic E-state index is 13.6. The Morgan fingerprint density at radius 2 is 1.89 bits per heavy atom. The van der Waals surface area contributed by atoms with Gasteiger partial charge in [-0.05, 0) is 26.0 Å². The average Bonchev–Trinajstić information content (AvgIpc) is 2.62. The second-order valence-corrected chi connectivity index (χ2v) is 5.96. The second kappa shape index (κ2) is 5.34. The Hall–Kier alpha value is -1.34. The SMILES string of the molecule is Cc1nc(C)c(C(=O)Nc2c(F)cc(Br)cc2F)s1. The Morgan fingerprint density at radius 3 is 2.37 bits per heavy atom. The molecule has 0 atom stereocenters. The van der Waals surface area contributed by atoms with Crippen LogP contribution in [0.25, 0.3) is 0 Å². The van der Waals surface area contributed by atoms with E-state index in [4.69, 9.17) is 0 Å². The van der Waals surface area contributed by atoms with Crippen LogP contribution in [0.2, 0.25) is 0 Å². The van der Waals surface area contributed by atoms with Gasteiger partial charge in [-0.3, -0.25) is 4.79 Å². The van der Waals surface area contributed by atoms with Gasteiger partial charge in [-0.25, -0.2) is 13.8 Å². The van der Waals surface area contributed by atoms with Gasteiger partial charge in [0.2, 0.25) is 0 Å². The van der Waals surface area contributed by atoms with Crippen molar-refractivity contribution < 1.29 is 13.6 Å². The fraction of sp³-hybridized carbons (Fsp3) is 0.167. The minimum absolute atomic E-state index is 0.269. The third kappa shape index (κ3) is 2.98. The van der Waals surface area contributed by atoms with Gasteiger partial charge < -0.3 is 5.32 Å². The highest BCUT2D eigenvalue weighted by Crippen LogP contribution is 2.25. The molecule has 1 aromatic heterocycles. The number of hydrogen-bond donors (Lipinski definition) is 1. The number of thiazole rings is 1. The first-order valence-electron chi connectivity index (χ1n) is 5.28. The summed E-state index contributed by atoms with van der Waals surface area (Å²) in [5.41, 5.74) is 0.0802. The Labute approximate surface area is 120 Å². The molecule has 1 heterocycles. The molecule has 3 nitrogen and oxygen atoms in total. The van der Waals surface area contributed by atoms with Gasteiger partial charge in [0.25, 0.3) is 5.91 Å². The van der Waals surface area contributed by atoms with E-state index in [9.17, 15) is 13.6 Å². The smallest absolute Gasteiger partial charge is 0.267 e. The van der Waals surface area contributed by atoms with Gasteiger partial charge in [-0.1, -0.05) is 15.9 Å². The summed E-state index contributed by atoms with van der Waals surface area (Å²) in [5.74, 6) is -2.23. The first-order valence-corrected chi connectivity index (χ1v) is 6.89. The van der Waals surface area contributed by atoms with Crippen molar-refractivity contribution in [1.82, 2.24) is 4.98 Å². The lowest BCUT2D eigenvalue weighted by atomic mass is 10.2. The molecule has 0 saturated carbocycles. The standard InChI is InChI=1S/C12H9BrF2N2OS/c1-5-11(19-6(2)16-5)12(18)17-10-8(14)3-7(13)4-9(10)15/h3-4H,1-2H3,(H,17,18). The van der Waals surface area contributed by atoms with Gasteiger partial charge in [0, 0.05) is 4.47 Å².